The highest BCUT2D eigenvalue weighted by Gasteiger charge is 1.89. The standard InChI is InChI=1S/C4H10N3/c1-3(2)7-4(5)6/h3,5H,1-2H3,(H2,6,7). The number of rotatable bonds is 1. The van der Waals surface area contributed by atoms with E-state index in [2.05, 4.69) is 5.32 Å². The van der Waals surface area contributed by atoms with Gasteiger partial charge in [0.2, 0.25) is 5.96 Å². The predicted molar refractivity (Wildman–Crippen MR) is 29.1 cm³/mol. The SMILES string of the molecule is CC(C)NC([NH])=N. The normalized spacial score (nSPS) is 9.00. The molecule has 0 saturated heterocycles. The zero-order chi connectivity index (χ0) is 5.86. The monoisotopic (exact) mass is 100 g/mol. The van der Waals surface area contributed by atoms with Crippen LogP contribution < -0.4 is 11.1 Å². The van der Waals surface area contributed by atoms with Gasteiger partial charge in [0.25, 0.3) is 0 Å². The molecule has 0 spiro atoms. The van der Waals surface area contributed by atoms with Crippen molar-refractivity contribution in [2.75, 3.05) is 0 Å². The third kappa shape index (κ3) is 5.27. The first kappa shape index (κ1) is 6.27. The predicted octanol–water partition coefficient (Wildman–Crippen LogP) is 0.202. The lowest BCUT2D eigenvalue weighted by Crippen LogP contribution is -2.29. The molecular weight excluding hydrogens is 90.1 g/mol. The van der Waals surface area contributed by atoms with Crippen molar-refractivity contribution in [3.05, 3.63) is 0 Å². The van der Waals surface area contributed by atoms with Crippen molar-refractivity contribution in [2.24, 2.45) is 0 Å². The van der Waals surface area contributed by atoms with Gasteiger partial charge in [-0.1, -0.05) is 0 Å². The highest BCUT2D eigenvalue weighted by atomic mass is 15.1. The van der Waals surface area contributed by atoms with Gasteiger partial charge in [0, 0.05) is 6.04 Å². The van der Waals surface area contributed by atoms with Gasteiger partial charge in [0.05, 0.1) is 0 Å². The van der Waals surface area contributed by atoms with Crippen LogP contribution in [0, 0.1) is 5.41 Å². The summed E-state index contributed by atoms with van der Waals surface area (Å²) in [6, 6.07) is 0.213. The molecule has 0 amide bonds. The van der Waals surface area contributed by atoms with Crippen LogP contribution in [-0.4, -0.2) is 12.0 Å². The van der Waals surface area contributed by atoms with E-state index >= 15 is 0 Å². The lowest BCUT2D eigenvalue weighted by molar-refractivity contribution is 0.723. The summed E-state index contributed by atoms with van der Waals surface area (Å²) in [5.41, 5.74) is 6.58. The zero-order valence-corrected chi connectivity index (χ0v) is 4.58. The molecule has 7 heavy (non-hydrogen) atoms. The minimum Gasteiger partial charge on any atom is -0.353 e. The fourth-order valence-corrected chi connectivity index (χ4v) is 0.289. The van der Waals surface area contributed by atoms with Gasteiger partial charge in [0.1, 0.15) is 0 Å². The summed E-state index contributed by atoms with van der Waals surface area (Å²) in [5, 5.41) is 9.14. The fraction of sp³-hybridized carbons (Fsp3) is 0.750. The minimum atomic E-state index is -0.213. The van der Waals surface area contributed by atoms with E-state index in [-0.39, 0.29) is 12.0 Å². The molecule has 0 unspecified atom stereocenters. The maximum atomic E-state index is 6.58. The zero-order valence-electron chi connectivity index (χ0n) is 4.58. The average molecular weight is 100 g/mol. The average Bonchev–Trinajstić information content (AvgIpc) is 1.27. The molecule has 0 aliphatic carbocycles. The van der Waals surface area contributed by atoms with Crippen molar-refractivity contribution in [3.63, 3.8) is 0 Å². The third-order valence-corrected chi connectivity index (χ3v) is 0.433. The van der Waals surface area contributed by atoms with E-state index in [9.17, 15) is 0 Å². The van der Waals surface area contributed by atoms with Crippen molar-refractivity contribution < 1.29 is 0 Å². The van der Waals surface area contributed by atoms with Crippen LogP contribution in [0.25, 0.3) is 0 Å². The van der Waals surface area contributed by atoms with E-state index in [0.29, 0.717) is 0 Å². The van der Waals surface area contributed by atoms with Gasteiger partial charge in [-0.2, -0.15) is 0 Å². The quantitative estimate of drug-likeness (QED) is 0.359. The Labute approximate surface area is 43.4 Å². The van der Waals surface area contributed by atoms with Crippen LogP contribution in [-0.2, 0) is 0 Å². The summed E-state index contributed by atoms with van der Waals surface area (Å²) in [7, 11) is 0. The van der Waals surface area contributed by atoms with Gasteiger partial charge in [-0.25, -0.2) is 0 Å². The first-order valence-corrected chi connectivity index (χ1v) is 2.19. The Morgan fingerprint density at radius 3 is 2.00 bits per heavy atom. The summed E-state index contributed by atoms with van der Waals surface area (Å²) in [4.78, 5) is 0. The van der Waals surface area contributed by atoms with Gasteiger partial charge in [0.15, 0.2) is 0 Å². The van der Waals surface area contributed by atoms with Gasteiger partial charge in [-0.05, 0) is 13.8 Å². The van der Waals surface area contributed by atoms with Crippen molar-refractivity contribution in [1.82, 2.24) is 11.1 Å². The number of nitrogens with one attached hydrogen (secondary N) is 3. The van der Waals surface area contributed by atoms with Crippen molar-refractivity contribution in [2.45, 2.75) is 19.9 Å². The molecule has 0 aliphatic rings. The Morgan fingerprint density at radius 1 is 1.57 bits per heavy atom. The number of guanidine groups is 1. The molecule has 1 radical (unpaired) electrons. The van der Waals surface area contributed by atoms with E-state index in [4.69, 9.17) is 11.1 Å². The number of hydrogen-bond acceptors (Lipinski definition) is 1. The molecule has 0 bridgehead atoms. The van der Waals surface area contributed by atoms with Crippen molar-refractivity contribution in [1.29, 1.82) is 5.41 Å². The molecule has 3 nitrogen and oxygen atoms in total. The smallest absolute Gasteiger partial charge is 0.207 e. The van der Waals surface area contributed by atoms with E-state index in [1.807, 2.05) is 13.8 Å². The Bertz CT molecular complexity index is 67.3. The molecule has 0 fully saturated rings. The van der Waals surface area contributed by atoms with Crippen LogP contribution in [0.3, 0.4) is 0 Å². The summed E-state index contributed by atoms with van der Waals surface area (Å²) >= 11 is 0. The lowest BCUT2D eigenvalue weighted by atomic mass is 10.4. The van der Waals surface area contributed by atoms with Crippen molar-refractivity contribution in [3.8, 4) is 0 Å². The maximum Gasteiger partial charge on any atom is 0.207 e. The largest absolute Gasteiger partial charge is 0.353 e. The topological polar surface area (TPSA) is 59.7 Å². The highest BCUT2D eigenvalue weighted by Crippen LogP contribution is 1.71. The van der Waals surface area contributed by atoms with Crippen LogP contribution in [0.1, 0.15) is 13.8 Å². The van der Waals surface area contributed by atoms with Gasteiger partial charge >= 0.3 is 0 Å². The molecule has 0 rings (SSSR count). The van der Waals surface area contributed by atoms with Gasteiger partial charge in [-0.3, -0.25) is 11.1 Å². The second-order valence-electron chi connectivity index (χ2n) is 1.67. The second kappa shape index (κ2) is 2.44. The Morgan fingerprint density at radius 2 is 2.00 bits per heavy atom. The number of hydrogen-bond donors (Lipinski definition) is 2. The molecule has 0 saturated carbocycles. The molecule has 3 heteroatoms. The Balaban J connectivity index is 3.13. The Kier molecular flexibility index (Phi) is 2.19. The summed E-state index contributed by atoms with van der Waals surface area (Å²) in [5.74, 6) is -0.213. The first-order valence-electron chi connectivity index (χ1n) is 2.19. The van der Waals surface area contributed by atoms with E-state index in [0.717, 1.165) is 0 Å². The molecule has 0 heterocycles. The fourth-order valence-electron chi connectivity index (χ4n) is 0.289. The summed E-state index contributed by atoms with van der Waals surface area (Å²) in [6.07, 6.45) is 0. The molecule has 41 valence electrons. The van der Waals surface area contributed by atoms with E-state index in [1.54, 1.807) is 0 Å². The van der Waals surface area contributed by atoms with E-state index < -0.39 is 0 Å². The Hall–Kier alpha value is -0.730. The molecule has 0 aromatic carbocycles. The van der Waals surface area contributed by atoms with E-state index in [1.165, 1.54) is 0 Å². The molecule has 0 atom stereocenters. The highest BCUT2D eigenvalue weighted by molar-refractivity contribution is 5.73. The maximum absolute atomic E-state index is 6.58. The first-order chi connectivity index (χ1) is 3.13. The van der Waals surface area contributed by atoms with Crippen LogP contribution in [0.5, 0.6) is 0 Å². The summed E-state index contributed by atoms with van der Waals surface area (Å²) < 4.78 is 0. The molecule has 0 aromatic heterocycles. The van der Waals surface area contributed by atoms with Crippen LogP contribution >= 0.6 is 0 Å². The molecular formula is C4H10N3. The van der Waals surface area contributed by atoms with Crippen LogP contribution in [0.2, 0.25) is 0 Å². The van der Waals surface area contributed by atoms with Crippen LogP contribution in [0.15, 0.2) is 0 Å². The summed E-state index contributed by atoms with van der Waals surface area (Å²) in [6.45, 7) is 3.78. The van der Waals surface area contributed by atoms with Gasteiger partial charge < -0.3 is 5.32 Å². The minimum absolute atomic E-state index is 0.213. The lowest BCUT2D eigenvalue weighted by Gasteiger charge is -2.03. The third-order valence-electron chi connectivity index (χ3n) is 0.433. The van der Waals surface area contributed by atoms with Gasteiger partial charge in [-0.15, -0.1) is 0 Å². The van der Waals surface area contributed by atoms with Crippen LogP contribution in [0.4, 0.5) is 0 Å². The molecule has 3 N–H and O–H groups in total. The molecule has 0 aliphatic heterocycles. The second-order valence-corrected chi connectivity index (χ2v) is 1.67. The molecule has 0 aromatic rings. The van der Waals surface area contributed by atoms with Crippen molar-refractivity contribution >= 4 is 5.96 Å².